The fraction of sp³-hybridized carbons (Fsp3) is 1.00. The molecule has 2 N–H and O–H groups in total. The summed E-state index contributed by atoms with van der Waals surface area (Å²) in [5, 5.41) is 13.2. The highest BCUT2D eigenvalue weighted by molar-refractivity contribution is 4.94. The van der Waals surface area contributed by atoms with E-state index in [1.54, 1.807) is 0 Å². The fourth-order valence-electron chi connectivity index (χ4n) is 1.52. The normalized spacial score (nSPS) is 23.2. The van der Waals surface area contributed by atoms with Crippen molar-refractivity contribution < 1.29 is 5.11 Å². The van der Waals surface area contributed by atoms with Crippen molar-refractivity contribution in [2.24, 2.45) is 5.92 Å². The number of aliphatic hydroxyl groups is 1. The SMILES string of the molecule is CCNCC(O)(CC)C1CC1. The largest absolute Gasteiger partial charge is 0.388 e. The molecule has 2 nitrogen and oxygen atoms in total. The molecular weight excluding hydrogens is 138 g/mol. The molecule has 0 aromatic carbocycles. The minimum Gasteiger partial charge on any atom is -0.388 e. The van der Waals surface area contributed by atoms with Crippen LogP contribution in [0.15, 0.2) is 0 Å². The molecule has 0 aliphatic heterocycles. The summed E-state index contributed by atoms with van der Waals surface area (Å²) in [5.41, 5.74) is -0.407. The lowest BCUT2D eigenvalue weighted by Crippen LogP contribution is -2.42. The van der Waals surface area contributed by atoms with E-state index in [0.717, 1.165) is 19.5 Å². The third kappa shape index (κ3) is 2.17. The first-order chi connectivity index (χ1) is 5.23. The van der Waals surface area contributed by atoms with E-state index in [1.165, 1.54) is 12.8 Å². The van der Waals surface area contributed by atoms with Crippen molar-refractivity contribution in [1.82, 2.24) is 5.32 Å². The molecule has 0 aromatic rings. The number of nitrogens with one attached hydrogen (secondary N) is 1. The van der Waals surface area contributed by atoms with Gasteiger partial charge < -0.3 is 10.4 Å². The average molecular weight is 157 g/mol. The summed E-state index contributed by atoms with van der Waals surface area (Å²) >= 11 is 0. The van der Waals surface area contributed by atoms with Crippen LogP contribution in [0, 0.1) is 5.92 Å². The van der Waals surface area contributed by atoms with Crippen LogP contribution >= 0.6 is 0 Å². The third-order valence-electron chi connectivity index (χ3n) is 2.63. The van der Waals surface area contributed by atoms with Crippen molar-refractivity contribution in [2.75, 3.05) is 13.1 Å². The Bertz CT molecular complexity index is 123. The van der Waals surface area contributed by atoms with Crippen molar-refractivity contribution in [3.05, 3.63) is 0 Å². The van der Waals surface area contributed by atoms with Crippen molar-refractivity contribution in [3.63, 3.8) is 0 Å². The maximum absolute atomic E-state index is 10.0. The molecule has 1 atom stereocenters. The lowest BCUT2D eigenvalue weighted by atomic mass is 9.95. The van der Waals surface area contributed by atoms with Gasteiger partial charge in [0.05, 0.1) is 5.60 Å². The Kier molecular flexibility index (Phi) is 2.90. The first kappa shape index (κ1) is 9.01. The van der Waals surface area contributed by atoms with Gasteiger partial charge in [-0.05, 0) is 31.7 Å². The topological polar surface area (TPSA) is 32.3 Å². The van der Waals surface area contributed by atoms with Crippen LogP contribution in [-0.4, -0.2) is 23.8 Å². The standard InChI is InChI=1S/C9H19NO/c1-3-9(11,7-10-4-2)8-5-6-8/h8,10-11H,3-7H2,1-2H3. The summed E-state index contributed by atoms with van der Waals surface area (Å²) in [7, 11) is 0. The monoisotopic (exact) mass is 157 g/mol. The van der Waals surface area contributed by atoms with Gasteiger partial charge in [-0.3, -0.25) is 0 Å². The average Bonchev–Trinajstić information content (AvgIpc) is 2.82. The van der Waals surface area contributed by atoms with Gasteiger partial charge in [-0.25, -0.2) is 0 Å². The molecule has 0 radical (unpaired) electrons. The van der Waals surface area contributed by atoms with Gasteiger partial charge in [0.25, 0.3) is 0 Å². The molecule has 0 bridgehead atoms. The molecule has 0 amide bonds. The number of rotatable bonds is 5. The van der Waals surface area contributed by atoms with Gasteiger partial charge >= 0.3 is 0 Å². The summed E-state index contributed by atoms with van der Waals surface area (Å²) < 4.78 is 0. The van der Waals surface area contributed by atoms with Gasteiger partial charge in [-0.1, -0.05) is 13.8 Å². The van der Waals surface area contributed by atoms with Gasteiger partial charge in [0, 0.05) is 6.54 Å². The van der Waals surface area contributed by atoms with Gasteiger partial charge in [0.1, 0.15) is 0 Å². The van der Waals surface area contributed by atoms with E-state index >= 15 is 0 Å². The molecule has 1 saturated carbocycles. The minimum absolute atomic E-state index is 0.407. The van der Waals surface area contributed by atoms with E-state index in [9.17, 15) is 5.11 Å². The first-order valence-corrected chi connectivity index (χ1v) is 4.66. The molecule has 2 heteroatoms. The van der Waals surface area contributed by atoms with Crippen molar-refractivity contribution in [3.8, 4) is 0 Å². The van der Waals surface area contributed by atoms with E-state index in [2.05, 4.69) is 19.2 Å². The maximum atomic E-state index is 10.0. The Hall–Kier alpha value is -0.0800. The lowest BCUT2D eigenvalue weighted by molar-refractivity contribution is 0.0147. The van der Waals surface area contributed by atoms with E-state index in [0.29, 0.717) is 5.92 Å². The Morgan fingerprint density at radius 3 is 2.45 bits per heavy atom. The maximum Gasteiger partial charge on any atom is 0.0796 e. The molecule has 0 spiro atoms. The van der Waals surface area contributed by atoms with Gasteiger partial charge in [-0.15, -0.1) is 0 Å². The summed E-state index contributed by atoms with van der Waals surface area (Å²) in [6, 6.07) is 0. The molecule has 1 aliphatic carbocycles. The Morgan fingerprint density at radius 1 is 1.45 bits per heavy atom. The summed E-state index contributed by atoms with van der Waals surface area (Å²) in [4.78, 5) is 0. The van der Waals surface area contributed by atoms with E-state index in [4.69, 9.17) is 0 Å². The van der Waals surface area contributed by atoms with Crippen LogP contribution in [0.1, 0.15) is 33.1 Å². The Balaban J connectivity index is 2.31. The van der Waals surface area contributed by atoms with Crippen LogP contribution < -0.4 is 5.32 Å². The molecule has 0 saturated heterocycles. The summed E-state index contributed by atoms with van der Waals surface area (Å²) in [6.45, 7) is 5.86. The highest BCUT2D eigenvalue weighted by Gasteiger charge is 2.41. The molecule has 1 unspecified atom stereocenters. The second-order valence-electron chi connectivity index (χ2n) is 3.51. The van der Waals surface area contributed by atoms with Crippen LogP contribution in [0.2, 0.25) is 0 Å². The highest BCUT2D eigenvalue weighted by Crippen LogP contribution is 2.40. The Labute approximate surface area is 69.0 Å². The minimum atomic E-state index is -0.407. The molecule has 1 rings (SSSR count). The fourth-order valence-corrected chi connectivity index (χ4v) is 1.52. The summed E-state index contributed by atoms with van der Waals surface area (Å²) in [5.74, 6) is 0.576. The Morgan fingerprint density at radius 2 is 2.09 bits per heavy atom. The number of hydrogen-bond acceptors (Lipinski definition) is 2. The van der Waals surface area contributed by atoms with Crippen molar-refractivity contribution in [1.29, 1.82) is 0 Å². The van der Waals surface area contributed by atoms with E-state index in [1.807, 2.05) is 0 Å². The number of hydrogen-bond donors (Lipinski definition) is 2. The molecule has 0 aromatic heterocycles. The second kappa shape index (κ2) is 3.55. The molecule has 11 heavy (non-hydrogen) atoms. The molecule has 66 valence electrons. The first-order valence-electron chi connectivity index (χ1n) is 4.66. The molecule has 0 heterocycles. The predicted octanol–water partition coefficient (Wildman–Crippen LogP) is 1.15. The zero-order valence-electron chi connectivity index (χ0n) is 7.56. The lowest BCUT2D eigenvalue weighted by Gasteiger charge is -2.26. The van der Waals surface area contributed by atoms with Crippen LogP contribution in [0.4, 0.5) is 0 Å². The molecule has 1 fully saturated rings. The zero-order chi connectivity index (χ0) is 8.32. The van der Waals surface area contributed by atoms with Crippen LogP contribution in [-0.2, 0) is 0 Å². The second-order valence-corrected chi connectivity index (χ2v) is 3.51. The summed E-state index contributed by atoms with van der Waals surface area (Å²) in [6.07, 6.45) is 3.32. The van der Waals surface area contributed by atoms with Crippen molar-refractivity contribution in [2.45, 2.75) is 38.7 Å². The quantitative estimate of drug-likeness (QED) is 0.627. The van der Waals surface area contributed by atoms with Crippen LogP contribution in [0.5, 0.6) is 0 Å². The van der Waals surface area contributed by atoms with Gasteiger partial charge in [0.2, 0.25) is 0 Å². The van der Waals surface area contributed by atoms with Gasteiger partial charge in [-0.2, -0.15) is 0 Å². The molecular formula is C9H19NO. The van der Waals surface area contributed by atoms with Crippen LogP contribution in [0.3, 0.4) is 0 Å². The number of likely N-dealkylation sites (N-methyl/N-ethyl adjacent to an activating group) is 1. The van der Waals surface area contributed by atoms with E-state index < -0.39 is 5.60 Å². The van der Waals surface area contributed by atoms with Crippen LogP contribution in [0.25, 0.3) is 0 Å². The zero-order valence-corrected chi connectivity index (χ0v) is 7.56. The van der Waals surface area contributed by atoms with Gasteiger partial charge in [0.15, 0.2) is 0 Å². The van der Waals surface area contributed by atoms with Crippen molar-refractivity contribution >= 4 is 0 Å². The predicted molar refractivity (Wildman–Crippen MR) is 46.5 cm³/mol. The molecule has 1 aliphatic rings. The third-order valence-corrected chi connectivity index (χ3v) is 2.63. The highest BCUT2D eigenvalue weighted by atomic mass is 16.3. The van der Waals surface area contributed by atoms with E-state index in [-0.39, 0.29) is 0 Å². The smallest absolute Gasteiger partial charge is 0.0796 e.